The van der Waals surface area contributed by atoms with Gasteiger partial charge in [0, 0.05) is 18.5 Å². The van der Waals surface area contributed by atoms with Crippen molar-refractivity contribution in [2.24, 2.45) is 0 Å². The van der Waals surface area contributed by atoms with Crippen LogP contribution in [0, 0.1) is 0 Å². The highest BCUT2D eigenvalue weighted by Crippen LogP contribution is 2.38. The van der Waals surface area contributed by atoms with Crippen LogP contribution < -0.4 is 10.9 Å². The molecule has 2 rings (SSSR count). The monoisotopic (exact) mass is 269 g/mol. The van der Waals surface area contributed by atoms with Gasteiger partial charge in [-0.1, -0.05) is 18.5 Å². The molecule has 1 N–H and O–H groups in total. The Kier molecular flexibility index (Phi) is 4.01. The maximum atomic E-state index is 11.9. The van der Waals surface area contributed by atoms with Gasteiger partial charge in [-0.05, 0) is 19.3 Å². The van der Waals surface area contributed by atoms with Gasteiger partial charge in [-0.2, -0.15) is 0 Å². The normalized spacial score (nSPS) is 14.6. The fourth-order valence-electron chi connectivity index (χ4n) is 1.77. The second kappa shape index (κ2) is 5.52. The van der Waals surface area contributed by atoms with Gasteiger partial charge in [0.1, 0.15) is 17.5 Å². The second-order valence-corrected chi connectivity index (χ2v) is 4.87. The Bertz CT molecular complexity index is 509. The molecule has 98 valence electrons. The lowest BCUT2D eigenvalue weighted by Crippen LogP contribution is -2.34. The molecule has 18 heavy (non-hydrogen) atoms. The second-order valence-electron chi connectivity index (χ2n) is 4.49. The Morgan fingerprint density at radius 2 is 2.33 bits per heavy atom. The molecule has 0 atom stereocenters. The first-order valence-corrected chi connectivity index (χ1v) is 6.53. The van der Waals surface area contributed by atoms with Crippen LogP contribution in [0.1, 0.15) is 37.9 Å². The molecule has 0 unspecified atom stereocenters. The Labute approximate surface area is 110 Å². The van der Waals surface area contributed by atoms with Crippen LogP contribution in [0.5, 0.6) is 0 Å². The molecule has 1 amide bonds. The van der Waals surface area contributed by atoms with Gasteiger partial charge in [-0.3, -0.25) is 14.2 Å². The molecule has 1 aromatic heterocycles. The Balaban J connectivity index is 2.20. The van der Waals surface area contributed by atoms with Gasteiger partial charge in [-0.15, -0.1) is 0 Å². The van der Waals surface area contributed by atoms with Crippen LogP contribution in [-0.2, 0) is 11.3 Å². The van der Waals surface area contributed by atoms with E-state index >= 15 is 0 Å². The van der Waals surface area contributed by atoms with Crippen molar-refractivity contribution < 1.29 is 4.79 Å². The van der Waals surface area contributed by atoms with E-state index in [9.17, 15) is 9.59 Å². The number of rotatable bonds is 5. The Hall–Kier alpha value is -1.36. The quantitative estimate of drug-likeness (QED) is 0.820. The van der Waals surface area contributed by atoms with Crippen LogP contribution in [0.4, 0.5) is 0 Å². The summed E-state index contributed by atoms with van der Waals surface area (Å²) in [6.07, 6.45) is 2.88. The van der Waals surface area contributed by atoms with Gasteiger partial charge in [0.25, 0.3) is 5.56 Å². The van der Waals surface area contributed by atoms with E-state index in [4.69, 9.17) is 11.6 Å². The Morgan fingerprint density at radius 3 is 2.94 bits per heavy atom. The molecule has 0 aliphatic heterocycles. The summed E-state index contributed by atoms with van der Waals surface area (Å²) in [5.41, 5.74) is -0.261. The average molecular weight is 270 g/mol. The first-order chi connectivity index (χ1) is 8.61. The van der Waals surface area contributed by atoms with E-state index in [1.165, 1.54) is 10.6 Å². The fourth-order valence-corrected chi connectivity index (χ4v) is 1.95. The van der Waals surface area contributed by atoms with E-state index < -0.39 is 0 Å². The summed E-state index contributed by atoms with van der Waals surface area (Å²) in [4.78, 5) is 27.7. The summed E-state index contributed by atoms with van der Waals surface area (Å²) >= 11 is 5.79. The predicted molar refractivity (Wildman–Crippen MR) is 68.8 cm³/mol. The molecular formula is C12H16ClN3O2. The molecule has 1 fully saturated rings. The van der Waals surface area contributed by atoms with E-state index in [2.05, 4.69) is 10.3 Å². The third-order valence-corrected chi connectivity index (χ3v) is 3.02. The summed E-state index contributed by atoms with van der Waals surface area (Å²) in [7, 11) is 0. The van der Waals surface area contributed by atoms with Crippen LogP contribution in [0.15, 0.2) is 10.9 Å². The molecule has 0 radical (unpaired) electrons. The number of nitrogens with zero attached hydrogens (tertiary/aromatic N) is 2. The number of hydrogen-bond donors (Lipinski definition) is 1. The van der Waals surface area contributed by atoms with Crippen molar-refractivity contribution in [1.29, 1.82) is 0 Å². The minimum absolute atomic E-state index is 0.0227. The van der Waals surface area contributed by atoms with Gasteiger partial charge in [0.2, 0.25) is 5.91 Å². The van der Waals surface area contributed by atoms with Crippen molar-refractivity contribution in [3.05, 3.63) is 27.4 Å². The number of halogens is 1. The van der Waals surface area contributed by atoms with E-state index in [-0.39, 0.29) is 29.1 Å². The first-order valence-electron chi connectivity index (χ1n) is 6.15. The molecule has 1 heterocycles. The third kappa shape index (κ3) is 3.10. The molecule has 0 spiro atoms. The third-order valence-electron chi connectivity index (χ3n) is 2.82. The summed E-state index contributed by atoms with van der Waals surface area (Å²) in [5.74, 6) is 0.750. The summed E-state index contributed by atoms with van der Waals surface area (Å²) in [6.45, 7) is 2.62. The molecule has 1 aliphatic carbocycles. The molecule has 5 nitrogen and oxygen atoms in total. The summed E-state index contributed by atoms with van der Waals surface area (Å²) in [5, 5.41) is 2.95. The molecule has 0 saturated heterocycles. The molecule has 1 aliphatic rings. The molecule has 6 heteroatoms. The average Bonchev–Trinajstić information content (AvgIpc) is 3.13. The van der Waals surface area contributed by atoms with Gasteiger partial charge in [-0.25, -0.2) is 4.98 Å². The van der Waals surface area contributed by atoms with Crippen LogP contribution in [0.25, 0.3) is 0 Å². The van der Waals surface area contributed by atoms with Crippen LogP contribution in [-0.4, -0.2) is 22.0 Å². The van der Waals surface area contributed by atoms with Crippen molar-refractivity contribution in [3.63, 3.8) is 0 Å². The van der Waals surface area contributed by atoms with Crippen molar-refractivity contribution in [3.8, 4) is 0 Å². The lowest BCUT2D eigenvalue weighted by molar-refractivity contribution is -0.121. The largest absolute Gasteiger partial charge is 0.355 e. The van der Waals surface area contributed by atoms with E-state index in [1.807, 2.05) is 6.92 Å². The van der Waals surface area contributed by atoms with E-state index in [0.29, 0.717) is 12.4 Å². The summed E-state index contributed by atoms with van der Waals surface area (Å²) < 4.78 is 1.43. The van der Waals surface area contributed by atoms with Gasteiger partial charge >= 0.3 is 0 Å². The first kappa shape index (κ1) is 13.1. The van der Waals surface area contributed by atoms with E-state index in [0.717, 1.165) is 19.3 Å². The molecule has 1 aromatic rings. The highest BCUT2D eigenvalue weighted by molar-refractivity contribution is 6.29. The van der Waals surface area contributed by atoms with Crippen LogP contribution in [0.2, 0.25) is 5.15 Å². The number of amides is 1. The van der Waals surface area contributed by atoms with E-state index in [1.54, 1.807) is 0 Å². The number of carbonyl (C=O) groups excluding carboxylic acids is 1. The number of hydrogen-bond acceptors (Lipinski definition) is 3. The zero-order valence-corrected chi connectivity index (χ0v) is 11.0. The zero-order chi connectivity index (χ0) is 13.1. The van der Waals surface area contributed by atoms with Gasteiger partial charge < -0.3 is 5.32 Å². The van der Waals surface area contributed by atoms with Crippen LogP contribution in [0.3, 0.4) is 0 Å². The minimum Gasteiger partial charge on any atom is -0.355 e. The summed E-state index contributed by atoms with van der Waals surface area (Å²) in [6, 6.07) is 1.25. The number of carbonyl (C=O) groups is 1. The molecule has 1 saturated carbocycles. The van der Waals surface area contributed by atoms with Crippen molar-refractivity contribution in [2.45, 2.75) is 38.6 Å². The maximum absolute atomic E-state index is 11.9. The molecule has 0 aromatic carbocycles. The smallest absolute Gasteiger partial charge is 0.255 e. The number of aromatic nitrogens is 2. The topological polar surface area (TPSA) is 64.0 Å². The minimum atomic E-state index is -0.261. The fraction of sp³-hybridized carbons (Fsp3) is 0.583. The lowest BCUT2D eigenvalue weighted by atomic mass is 10.3. The maximum Gasteiger partial charge on any atom is 0.255 e. The van der Waals surface area contributed by atoms with Crippen LogP contribution >= 0.6 is 11.6 Å². The highest BCUT2D eigenvalue weighted by Gasteiger charge is 2.29. The highest BCUT2D eigenvalue weighted by atomic mass is 35.5. The molecular weight excluding hydrogens is 254 g/mol. The van der Waals surface area contributed by atoms with Crippen molar-refractivity contribution in [1.82, 2.24) is 14.9 Å². The van der Waals surface area contributed by atoms with Gasteiger partial charge in [0.15, 0.2) is 0 Å². The zero-order valence-electron chi connectivity index (χ0n) is 10.3. The van der Waals surface area contributed by atoms with Crippen molar-refractivity contribution >= 4 is 17.5 Å². The van der Waals surface area contributed by atoms with Gasteiger partial charge in [0.05, 0.1) is 0 Å². The standard InChI is InChI=1S/C12H16ClN3O2/c1-2-5-14-10(17)7-16-11(18)6-9(13)15-12(16)8-3-4-8/h6,8H,2-5,7H2,1H3,(H,14,17). The lowest BCUT2D eigenvalue weighted by Gasteiger charge is -2.11. The van der Waals surface area contributed by atoms with Crippen molar-refractivity contribution in [2.75, 3.05) is 6.54 Å². The molecule has 0 bridgehead atoms. The SMILES string of the molecule is CCCNC(=O)Cn1c(C2CC2)nc(Cl)cc1=O. The Morgan fingerprint density at radius 1 is 1.61 bits per heavy atom. The number of nitrogens with one attached hydrogen (secondary N) is 1. The predicted octanol–water partition coefficient (Wildman–Crippen LogP) is 1.30.